The molecule has 1 aliphatic heterocycles. The lowest BCUT2D eigenvalue weighted by molar-refractivity contribution is 0.404. The first-order valence-electron chi connectivity index (χ1n) is 6.30. The van der Waals surface area contributed by atoms with Crippen LogP contribution in [0.4, 0.5) is 0 Å². The van der Waals surface area contributed by atoms with Gasteiger partial charge < -0.3 is 15.2 Å². The number of hydrogen-bond donors (Lipinski definition) is 2. The fourth-order valence-electron chi connectivity index (χ4n) is 2.26. The van der Waals surface area contributed by atoms with E-state index >= 15 is 0 Å². The van der Waals surface area contributed by atoms with Crippen molar-refractivity contribution in [2.75, 3.05) is 18.6 Å². The van der Waals surface area contributed by atoms with Gasteiger partial charge in [0, 0.05) is 24.2 Å². The monoisotopic (exact) mass is 285 g/mol. The molecule has 1 aromatic carbocycles. The van der Waals surface area contributed by atoms with Crippen LogP contribution in [0.5, 0.6) is 11.5 Å². The van der Waals surface area contributed by atoms with Crippen LogP contribution in [0.1, 0.15) is 18.4 Å². The van der Waals surface area contributed by atoms with E-state index in [1.54, 1.807) is 25.3 Å². The Kier molecular flexibility index (Phi) is 4.31. The summed E-state index contributed by atoms with van der Waals surface area (Å²) in [6.45, 7) is 0.454. The molecule has 2 rings (SSSR count). The molecule has 1 fully saturated rings. The highest BCUT2D eigenvalue weighted by atomic mass is 32.2. The molecule has 1 atom stereocenters. The highest BCUT2D eigenvalue weighted by Gasteiger charge is 2.24. The first-order chi connectivity index (χ1) is 9.00. The Morgan fingerprint density at radius 1 is 1.47 bits per heavy atom. The number of benzene rings is 1. The standard InChI is InChI=1S/C13H19NO4S/c1-18-12-5-4-10(13(15)7-12)8-14-11-3-2-6-19(16,17)9-11/h4-5,7,11,14-15H,2-3,6,8-9H2,1H3. The maximum absolute atomic E-state index is 11.5. The second-order valence-electron chi connectivity index (χ2n) is 4.83. The van der Waals surface area contributed by atoms with Gasteiger partial charge in [-0.05, 0) is 18.9 Å². The van der Waals surface area contributed by atoms with Gasteiger partial charge in [0.2, 0.25) is 0 Å². The predicted octanol–water partition coefficient (Wildman–Crippen LogP) is 1.07. The number of rotatable bonds is 4. The Balaban J connectivity index is 1.95. The second-order valence-corrected chi connectivity index (χ2v) is 7.06. The van der Waals surface area contributed by atoms with Gasteiger partial charge in [-0.3, -0.25) is 0 Å². The first kappa shape index (κ1) is 14.1. The van der Waals surface area contributed by atoms with Crippen molar-refractivity contribution < 1.29 is 18.3 Å². The van der Waals surface area contributed by atoms with Crippen LogP contribution >= 0.6 is 0 Å². The average Bonchev–Trinajstić information content (AvgIpc) is 2.36. The van der Waals surface area contributed by atoms with E-state index in [1.807, 2.05) is 0 Å². The van der Waals surface area contributed by atoms with E-state index in [1.165, 1.54) is 0 Å². The van der Waals surface area contributed by atoms with Crippen LogP contribution in [0.25, 0.3) is 0 Å². The van der Waals surface area contributed by atoms with Gasteiger partial charge in [-0.25, -0.2) is 8.42 Å². The maximum atomic E-state index is 11.5. The van der Waals surface area contributed by atoms with E-state index in [9.17, 15) is 13.5 Å². The van der Waals surface area contributed by atoms with Gasteiger partial charge in [-0.15, -0.1) is 0 Å². The number of hydrogen-bond acceptors (Lipinski definition) is 5. The van der Waals surface area contributed by atoms with Crippen LogP contribution in [0.2, 0.25) is 0 Å². The molecule has 1 unspecified atom stereocenters. The SMILES string of the molecule is COc1ccc(CNC2CCCS(=O)(=O)C2)c(O)c1. The summed E-state index contributed by atoms with van der Waals surface area (Å²) in [4.78, 5) is 0. The van der Waals surface area contributed by atoms with Gasteiger partial charge in [-0.2, -0.15) is 0 Å². The summed E-state index contributed by atoms with van der Waals surface area (Å²) >= 11 is 0. The van der Waals surface area contributed by atoms with Crippen molar-refractivity contribution in [3.63, 3.8) is 0 Å². The molecule has 1 heterocycles. The molecule has 5 nitrogen and oxygen atoms in total. The Labute approximate surface area is 113 Å². The van der Waals surface area contributed by atoms with Crippen LogP contribution in [0.3, 0.4) is 0 Å². The van der Waals surface area contributed by atoms with Gasteiger partial charge in [0.15, 0.2) is 9.84 Å². The largest absolute Gasteiger partial charge is 0.507 e. The predicted molar refractivity (Wildman–Crippen MR) is 73.2 cm³/mol. The second kappa shape index (κ2) is 5.79. The number of methoxy groups -OCH3 is 1. The number of phenolic OH excluding ortho intramolecular Hbond substituents is 1. The fraction of sp³-hybridized carbons (Fsp3) is 0.538. The molecule has 0 saturated carbocycles. The highest BCUT2D eigenvalue weighted by molar-refractivity contribution is 7.91. The third-order valence-electron chi connectivity index (χ3n) is 3.34. The third-order valence-corrected chi connectivity index (χ3v) is 5.16. The summed E-state index contributed by atoms with van der Waals surface area (Å²) < 4.78 is 28.0. The van der Waals surface area contributed by atoms with E-state index in [-0.39, 0.29) is 17.5 Å². The zero-order valence-corrected chi connectivity index (χ0v) is 11.7. The van der Waals surface area contributed by atoms with E-state index in [0.29, 0.717) is 24.5 Å². The molecule has 0 aliphatic carbocycles. The lowest BCUT2D eigenvalue weighted by Gasteiger charge is -2.23. The molecular formula is C13H19NO4S. The quantitative estimate of drug-likeness (QED) is 0.865. The molecule has 0 bridgehead atoms. The smallest absolute Gasteiger partial charge is 0.151 e. The maximum Gasteiger partial charge on any atom is 0.151 e. The minimum atomic E-state index is -2.90. The molecule has 0 amide bonds. The lowest BCUT2D eigenvalue weighted by Crippen LogP contribution is -2.39. The third kappa shape index (κ3) is 3.84. The molecule has 1 saturated heterocycles. The Hall–Kier alpha value is -1.27. The molecule has 2 N–H and O–H groups in total. The minimum absolute atomic E-state index is 0.0275. The van der Waals surface area contributed by atoms with Gasteiger partial charge in [0.25, 0.3) is 0 Å². The van der Waals surface area contributed by atoms with Crippen molar-refractivity contribution >= 4 is 9.84 Å². The van der Waals surface area contributed by atoms with Gasteiger partial charge >= 0.3 is 0 Å². The van der Waals surface area contributed by atoms with Crippen molar-refractivity contribution in [2.24, 2.45) is 0 Å². The summed E-state index contributed by atoms with van der Waals surface area (Å²) in [5, 5.41) is 13.0. The normalized spacial score (nSPS) is 22.1. The van der Waals surface area contributed by atoms with E-state index in [2.05, 4.69) is 5.32 Å². The molecule has 0 aromatic heterocycles. The summed E-state index contributed by atoms with van der Waals surface area (Å²) in [5.74, 6) is 1.23. The molecular weight excluding hydrogens is 266 g/mol. The average molecular weight is 285 g/mol. The van der Waals surface area contributed by atoms with Crippen LogP contribution in [-0.4, -0.2) is 38.2 Å². The van der Waals surface area contributed by atoms with E-state index < -0.39 is 9.84 Å². The van der Waals surface area contributed by atoms with Crippen LogP contribution in [-0.2, 0) is 16.4 Å². The van der Waals surface area contributed by atoms with Crippen LogP contribution in [0, 0.1) is 0 Å². The molecule has 1 aliphatic rings. The summed E-state index contributed by atoms with van der Waals surface area (Å²) in [6, 6.07) is 5.07. The molecule has 0 spiro atoms. The van der Waals surface area contributed by atoms with Crippen LogP contribution in [0.15, 0.2) is 18.2 Å². The Bertz CT molecular complexity index is 542. The van der Waals surface area contributed by atoms with E-state index in [4.69, 9.17) is 4.74 Å². The number of ether oxygens (including phenoxy) is 1. The summed E-state index contributed by atoms with van der Waals surface area (Å²) in [7, 11) is -1.36. The molecule has 0 radical (unpaired) electrons. The van der Waals surface area contributed by atoms with Crippen molar-refractivity contribution in [1.29, 1.82) is 0 Å². The first-order valence-corrected chi connectivity index (χ1v) is 8.12. The van der Waals surface area contributed by atoms with Gasteiger partial charge in [-0.1, -0.05) is 6.07 Å². The molecule has 106 valence electrons. The lowest BCUT2D eigenvalue weighted by atomic mass is 10.1. The number of nitrogens with one attached hydrogen (secondary N) is 1. The van der Waals surface area contributed by atoms with Crippen molar-refractivity contribution in [3.8, 4) is 11.5 Å². The Morgan fingerprint density at radius 3 is 2.89 bits per heavy atom. The number of phenols is 1. The topological polar surface area (TPSA) is 75.6 Å². The fourth-order valence-corrected chi connectivity index (χ4v) is 3.93. The van der Waals surface area contributed by atoms with Gasteiger partial charge in [0.1, 0.15) is 11.5 Å². The molecule has 19 heavy (non-hydrogen) atoms. The zero-order valence-electron chi connectivity index (χ0n) is 10.9. The van der Waals surface area contributed by atoms with Crippen LogP contribution < -0.4 is 10.1 Å². The molecule has 6 heteroatoms. The zero-order chi connectivity index (χ0) is 13.9. The highest BCUT2D eigenvalue weighted by Crippen LogP contribution is 2.23. The summed E-state index contributed by atoms with van der Waals surface area (Å²) in [6.07, 6.45) is 1.56. The molecule has 1 aromatic rings. The number of sulfone groups is 1. The Morgan fingerprint density at radius 2 is 2.26 bits per heavy atom. The summed E-state index contributed by atoms with van der Waals surface area (Å²) in [5.41, 5.74) is 0.740. The van der Waals surface area contributed by atoms with Crippen molar-refractivity contribution in [3.05, 3.63) is 23.8 Å². The van der Waals surface area contributed by atoms with E-state index in [0.717, 1.165) is 12.0 Å². The minimum Gasteiger partial charge on any atom is -0.507 e. The van der Waals surface area contributed by atoms with Gasteiger partial charge in [0.05, 0.1) is 18.6 Å². The number of aromatic hydroxyl groups is 1. The van der Waals surface area contributed by atoms with Crippen molar-refractivity contribution in [2.45, 2.75) is 25.4 Å². The van der Waals surface area contributed by atoms with Crippen molar-refractivity contribution in [1.82, 2.24) is 5.32 Å².